The molecule has 0 bridgehead atoms. The fourth-order valence-electron chi connectivity index (χ4n) is 2.71. The van der Waals surface area contributed by atoms with Crippen LogP contribution in [0.3, 0.4) is 0 Å². The quantitative estimate of drug-likeness (QED) is 0.916. The first-order valence-electron chi connectivity index (χ1n) is 7.28. The summed E-state index contributed by atoms with van der Waals surface area (Å²) in [7, 11) is 0. The molecule has 4 heteroatoms. The summed E-state index contributed by atoms with van der Waals surface area (Å²) < 4.78 is 0. The molecule has 1 aliphatic heterocycles. The average molecular weight is 287 g/mol. The van der Waals surface area contributed by atoms with Crippen LogP contribution in [-0.2, 0) is 13.1 Å². The molecule has 1 aromatic heterocycles. The third-order valence-corrected chi connectivity index (χ3v) is 4.64. The van der Waals surface area contributed by atoms with E-state index in [4.69, 9.17) is 0 Å². The largest absolute Gasteiger partial charge is 0.308 e. The van der Waals surface area contributed by atoms with Gasteiger partial charge in [0.05, 0.1) is 0 Å². The topological polar surface area (TPSA) is 28.2 Å². The molecule has 0 aliphatic carbocycles. The predicted octanol–water partition coefficient (Wildman–Crippen LogP) is 2.90. The van der Waals surface area contributed by atoms with Crippen molar-refractivity contribution >= 4 is 11.3 Å². The maximum absolute atomic E-state index is 4.32. The Morgan fingerprint density at radius 2 is 2.00 bits per heavy atom. The van der Waals surface area contributed by atoms with Gasteiger partial charge in [-0.15, -0.1) is 11.3 Å². The minimum Gasteiger partial charge on any atom is -0.308 e. The van der Waals surface area contributed by atoms with E-state index in [0.29, 0.717) is 6.04 Å². The lowest BCUT2D eigenvalue weighted by molar-refractivity contribution is 0.190. The molecule has 0 atom stereocenters. The first-order valence-corrected chi connectivity index (χ1v) is 8.16. The van der Waals surface area contributed by atoms with Gasteiger partial charge in [0.2, 0.25) is 0 Å². The van der Waals surface area contributed by atoms with Gasteiger partial charge >= 0.3 is 0 Å². The van der Waals surface area contributed by atoms with Crippen molar-refractivity contribution in [1.29, 1.82) is 0 Å². The summed E-state index contributed by atoms with van der Waals surface area (Å²) in [4.78, 5) is 6.87. The molecule has 0 radical (unpaired) electrons. The lowest BCUT2D eigenvalue weighted by Crippen LogP contribution is -2.41. The molecule has 106 valence electrons. The van der Waals surface area contributed by atoms with Crippen LogP contribution in [0.2, 0.25) is 0 Å². The molecule has 3 rings (SSSR count). The summed E-state index contributed by atoms with van der Waals surface area (Å²) in [5, 5.41) is 6.86. The van der Waals surface area contributed by atoms with Crippen LogP contribution in [0.4, 0.5) is 0 Å². The van der Waals surface area contributed by atoms with Gasteiger partial charge < -0.3 is 5.32 Å². The molecule has 2 heterocycles. The van der Waals surface area contributed by atoms with Crippen LogP contribution in [0.5, 0.6) is 0 Å². The lowest BCUT2D eigenvalue weighted by Gasteiger charge is -2.32. The number of hydrogen-bond donors (Lipinski definition) is 1. The zero-order valence-corrected chi connectivity index (χ0v) is 12.5. The van der Waals surface area contributed by atoms with Gasteiger partial charge in [0.25, 0.3) is 0 Å². The van der Waals surface area contributed by atoms with Crippen molar-refractivity contribution in [3.63, 3.8) is 0 Å². The Hall–Kier alpha value is -1.23. The molecule has 1 aromatic carbocycles. The normalized spacial score (nSPS) is 17.4. The summed E-state index contributed by atoms with van der Waals surface area (Å²) >= 11 is 1.73. The van der Waals surface area contributed by atoms with Gasteiger partial charge in [-0.1, -0.05) is 30.3 Å². The van der Waals surface area contributed by atoms with E-state index < -0.39 is 0 Å². The van der Waals surface area contributed by atoms with Crippen molar-refractivity contribution in [2.24, 2.45) is 0 Å². The van der Waals surface area contributed by atoms with Crippen LogP contribution in [0.25, 0.3) is 0 Å². The van der Waals surface area contributed by atoms with E-state index in [1.165, 1.54) is 36.5 Å². The highest BCUT2D eigenvalue weighted by Gasteiger charge is 2.18. The fraction of sp³-hybridized carbons (Fsp3) is 0.438. The Balaban J connectivity index is 1.40. The molecule has 0 spiro atoms. The summed E-state index contributed by atoms with van der Waals surface area (Å²) in [6, 6.07) is 11.4. The number of benzene rings is 1. The van der Waals surface area contributed by atoms with E-state index in [0.717, 1.165) is 13.1 Å². The molecule has 0 amide bonds. The van der Waals surface area contributed by atoms with Crippen LogP contribution in [0.1, 0.15) is 23.4 Å². The number of nitrogens with one attached hydrogen (secondary N) is 1. The molecule has 20 heavy (non-hydrogen) atoms. The predicted molar refractivity (Wildman–Crippen MR) is 83.7 cm³/mol. The highest BCUT2D eigenvalue weighted by atomic mass is 32.1. The second kappa shape index (κ2) is 6.97. The Kier molecular flexibility index (Phi) is 4.79. The van der Waals surface area contributed by atoms with E-state index in [-0.39, 0.29) is 0 Å². The third-order valence-electron chi connectivity index (χ3n) is 3.86. The number of rotatable bonds is 5. The summed E-state index contributed by atoms with van der Waals surface area (Å²) in [5.74, 6) is 0. The van der Waals surface area contributed by atoms with Crippen LogP contribution in [0, 0.1) is 0 Å². The van der Waals surface area contributed by atoms with E-state index >= 15 is 0 Å². The lowest BCUT2D eigenvalue weighted by atomic mass is 10.0. The molecular formula is C16H21N3S. The number of piperidine rings is 1. The SMILES string of the molecule is c1ccc(CN2CCC(NCc3nccs3)CC2)cc1. The number of nitrogens with zero attached hydrogens (tertiary/aromatic N) is 2. The van der Waals surface area contributed by atoms with E-state index in [9.17, 15) is 0 Å². The number of likely N-dealkylation sites (tertiary alicyclic amines) is 1. The monoisotopic (exact) mass is 287 g/mol. The Labute approximate surface area is 124 Å². The average Bonchev–Trinajstić information content (AvgIpc) is 3.01. The van der Waals surface area contributed by atoms with Gasteiger partial charge in [0, 0.05) is 30.7 Å². The molecule has 1 N–H and O–H groups in total. The molecule has 2 aromatic rings. The highest BCUT2D eigenvalue weighted by Crippen LogP contribution is 2.14. The zero-order valence-electron chi connectivity index (χ0n) is 11.7. The highest BCUT2D eigenvalue weighted by molar-refractivity contribution is 7.09. The van der Waals surface area contributed by atoms with E-state index in [2.05, 4.69) is 45.5 Å². The zero-order chi connectivity index (χ0) is 13.6. The maximum Gasteiger partial charge on any atom is 0.106 e. The Bertz CT molecular complexity index is 490. The van der Waals surface area contributed by atoms with Gasteiger partial charge in [0.1, 0.15) is 5.01 Å². The number of thiazole rings is 1. The van der Waals surface area contributed by atoms with Gasteiger partial charge in [-0.05, 0) is 31.5 Å². The van der Waals surface area contributed by atoms with Crippen LogP contribution < -0.4 is 5.32 Å². The van der Waals surface area contributed by atoms with Crippen LogP contribution in [0.15, 0.2) is 41.9 Å². The fourth-order valence-corrected chi connectivity index (χ4v) is 3.28. The minimum atomic E-state index is 0.644. The maximum atomic E-state index is 4.32. The van der Waals surface area contributed by atoms with E-state index in [1.807, 2.05) is 11.6 Å². The number of hydrogen-bond acceptors (Lipinski definition) is 4. The molecule has 1 saturated heterocycles. The minimum absolute atomic E-state index is 0.644. The molecule has 1 fully saturated rings. The van der Waals surface area contributed by atoms with Gasteiger partial charge in [-0.2, -0.15) is 0 Å². The standard InChI is InChI=1S/C16H21N3S/c1-2-4-14(5-3-1)13-19-9-6-15(7-10-19)18-12-16-17-8-11-20-16/h1-5,8,11,15,18H,6-7,9-10,12-13H2. The summed E-state index contributed by atoms with van der Waals surface area (Å²) in [6.07, 6.45) is 4.35. The van der Waals surface area contributed by atoms with Crippen molar-refractivity contribution in [2.75, 3.05) is 13.1 Å². The first-order chi connectivity index (χ1) is 9.90. The van der Waals surface area contributed by atoms with Crippen LogP contribution in [-0.4, -0.2) is 29.0 Å². The molecular weight excluding hydrogens is 266 g/mol. The van der Waals surface area contributed by atoms with Gasteiger partial charge in [-0.25, -0.2) is 4.98 Å². The Morgan fingerprint density at radius 1 is 1.20 bits per heavy atom. The molecule has 0 saturated carbocycles. The summed E-state index contributed by atoms with van der Waals surface area (Å²) in [5.41, 5.74) is 1.42. The van der Waals surface area contributed by atoms with E-state index in [1.54, 1.807) is 11.3 Å². The van der Waals surface area contributed by atoms with Gasteiger partial charge in [0.15, 0.2) is 0 Å². The van der Waals surface area contributed by atoms with Crippen molar-refractivity contribution < 1.29 is 0 Å². The van der Waals surface area contributed by atoms with Crippen molar-refractivity contribution in [2.45, 2.75) is 32.0 Å². The van der Waals surface area contributed by atoms with Crippen molar-refractivity contribution in [3.8, 4) is 0 Å². The third kappa shape index (κ3) is 3.88. The first kappa shape index (κ1) is 13.7. The van der Waals surface area contributed by atoms with Gasteiger partial charge in [-0.3, -0.25) is 4.90 Å². The number of aromatic nitrogens is 1. The molecule has 0 unspecified atom stereocenters. The van der Waals surface area contributed by atoms with Crippen molar-refractivity contribution in [1.82, 2.24) is 15.2 Å². The van der Waals surface area contributed by atoms with Crippen molar-refractivity contribution in [3.05, 3.63) is 52.5 Å². The second-order valence-electron chi connectivity index (χ2n) is 5.34. The molecule has 3 nitrogen and oxygen atoms in total. The Morgan fingerprint density at radius 3 is 2.70 bits per heavy atom. The molecule has 1 aliphatic rings. The smallest absolute Gasteiger partial charge is 0.106 e. The summed E-state index contributed by atoms with van der Waals surface area (Å²) in [6.45, 7) is 4.37. The second-order valence-corrected chi connectivity index (χ2v) is 6.32. The van der Waals surface area contributed by atoms with Crippen LogP contribution >= 0.6 is 11.3 Å².